The molecule has 0 fully saturated rings. The predicted molar refractivity (Wildman–Crippen MR) is 306 cm³/mol. The molecule has 0 spiro atoms. The summed E-state index contributed by atoms with van der Waals surface area (Å²) >= 11 is 0. The molecule has 0 aliphatic rings. The highest BCUT2D eigenvalue weighted by Gasteiger charge is 2.28. The van der Waals surface area contributed by atoms with Gasteiger partial charge in [0.2, 0.25) is 0 Å². The van der Waals surface area contributed by atoms with Crippen molar-refractivity contribution in [3.8, 4) is 0 Å². The molecule has 0 aliphatic heterocycles. The summed E-state index contributed by atoms with van der Waals surface area (Å²) in [6.45, 7) is 4.23. The average molecular weight is 1050 g/mol. The lowest BCUT2D eigenvalue weighted by atomic mass is 10.0. The van der Waals surface area contributed by atoms with Gasteiger partial charge in [0, 0.05) is 12.8 Å². The molecule has 3 atom stereocenters. The van der Waals surface area contributed by atoms with Crippen LogP contribution in [0.1, 0.15) is 213 Å². The molecule has 0 saturated carbocycles. The molecule has 12 heteroatoms. The van der Waals surface area contributed by atoms with Crippen LogP contribution in [0.25, 0.3) is 0 Å². The molecule has 2 N–H and O–H groups in total. The SMILES string of the molecule is CC/C=C\C/C=C\C/C=C\C/C=C\C/C=C\CCCC(=O)OCC(COP(=O)(O)OCC(CO)OC(=O)CCCCCCCCCCCCCCCCC)OC(=O)C/C=C\C/C=C\C/C=C\C/C=C\C/C=C\CC. The summed E-state index contributed by atoms with van der Waals surface area (Å²) in [6, 6.07) is 0. The second-order valence-corrected chi connectivity index (χ2v) is 19.8. The second-order valence-electron chi connectivity index (χ2n) is 18.4. The Morgan fingerprint density at radius 3 is 1.18 bits per heavy atom. The van der Waals surface area contributed by atoms with E-state index in [1.807, 2.05) is 30.4 Å². The largest absolute Gasteiger partial charge is 0.472 e. The van der Waals surface area contributed by atoms with Gasteiger partial charge in [-0.3, -0.25) is 23.4 Å². The summed E-state index contributed by atoms with van der Waals surface area (Å²) in [5.41, 5.74) is 0. The minimum atomic E-state index is -4.79. The van der Waals surface area contributed by atoms with Gasteiger partial charge in [0.15, 0.2) is 6.10 Å². The highest BCUT2D eigenvalue weighted by molar-refractivity contribution is 7.47. The summed E-state index contributed by atoms with van der Waals surface area (Å²) < 4.78 is 39.3. The van der Waals surface area contributed by atoms with E-state index in [-0.39, 0.29) is 19.3 Å². The number of allylic oxidation sites excluding steroid dienone is 19. The minimum absolute atomic E-state index is 0.0819. The maximum Gasteiger partial charge on any atom is 0.472 e. The molecule has 0 aromatic rings. The number of aliphatic hydroxyl groups is 1. The fourth-order valence-corrected chi connectivity index (χ4v) is 7.96. The maximum atomic E-state index is 12.9. The molecule has 11 nitrogen and oxygen atoms in total. The number of aliphatic hydroxyl groups excluding tert-OH is 1. The number of esters is 3. The molecule has 0 heterocycles. The summed E-state index contributed by atoms with van der Waals surface area (Å²) in [7, 11) is -4.79. The highest BCUT2D eigenvalue weighted by atomic mass is 31.2. The van der Waals surface area contributed by atoms with Gasteiger partial charge in [-0.25, -0.2) is 4.57 Å². The Kier molecular flexibility index (Phi) is 52.1. The smallest absolute Gasteiger partial charge is 0.462 e. The first kappa shape index (κ1) is 69.9. The Morgan fingerprint density at radius 2 is 0.757 bits per heavy atom. The maximum absolute atomic E-state index is 12.9. The lowest BCUT2D eigenvalue weighted by Gasteiger charge is -2.21. The Morgan fingerprint density at radius 1 is 0.405 bits per heavy atom. The van der Waals surface area contributed by atoms with Crippen molar-refractivity contribution in [2.75, 3.05) is 26.4 Å². The lowest BCUT2D eigenvalue weighted by molar-refractivity contribution is -0.160. The normalized spacial score (nSPS) is 14.3. The van der Waals surface area contributed by atoms with Crippen LogP contribution in [-0.2, 0) is 42.2 Å². The fourth-order valence-electron chi connectivity index (χ4n) is 7.17. The Hall–Kier alpha value is -4.12. The van der Waals surface area contributed by atoms with Gasteiger partial charge in [-0.1, -0.05) is 232 Å². The highest BCUT2D eigenvalue weighted by Crippen LogP contribution is 2.43. The fraction of sp³-hybridized carbons (Fsp3) is 0.629. The molecule has 0 rings (SSSR count). The number of ether oxygens (including phenoxy) is 3. The van der Waals surface area contributed by atoms with Gasteiger partial charge in [-0.15, -0.1) is 0 Å². The van der Waals surface area contributed by atoms with E-state index in [1.165, 1.54) is 70.6 Å². The third kappa shape index (κ3) is 52.7. The standard InChI is InChI=1S/C62H101O11P/c1-4-7-10-13-16-19-22-25-28-29-32-33-36-39-42-45-48-51-60(64)69-55-59(73-62(66)53-50-47-44-41-38-35-31-27-24-21-18-15-12-9-6-3)57-71-74(67,68)70-56-58(54-63)72-61(65)52-49-46-43-40-37-34-30-26-23-20-17-14-11-8-5-2/h7,9-10,12,16,18-19,21,25,27-28,31-33,38-39,41-42,47,50,58-59,63H,4-6,8,11,13-15,17,20,22-24,26,29-30,34-37,40,43-46,48-49,51-57H2,1-3H3,(H,67,68)/b10-7-,12-9-,19-16-,21-18-,28-25-,31-27-,33-32-,41-38-,42-39-,50-47-. The van der Waals surface area contributed by atoms with E-state index in [1.54, 1.807) is 6.08 Å². The van der Waals surface area contributed by atoms with Gasteiger partial charge in [-0.2, -0.15) is 0 Å². The van der Waals surface area contributed by atoms with Gasteiger partial charge < -0.3 is 24.2 Å². The third-order valence-electron chi connectivity index (χ3n) is 11.4. The van der Waals surface area contributed by atoms with Crippen LogP contribution in [0, 0.1) is 0 Å². The zero-order valence-corrected chi connectivity index (χ0v) is 47.2. The van der Waals surface area contributed by atoms with Gasteiger partial charge in [0.1, 0.15) is 12.7 Å². The molecule has 74 heavy (non-hydrogen) atoms. The summed E-state index contributed by atoms with van der Waals surface area (Å²) in [4.78, 5) is 48.4. The van der Waals surface area contributed by atoms with Gasteiger partial charge >= 0.3 is 25.7 Å². The predicted octanol–water partition coefficient (Wildman–Crippen LogP) is 16.8. The van der Waals surface area contributed by atoms with Crippen LogP contribution in [0.4, 0.5) is 0 Å². The van der Waals surface area contributed by atoms with E-state index in [0.29, 0.717) is 25.7 Å². The second kappa shape index (κ2) is 55.1. The molecule has 0 aliphatic carbocycles. The number of unbranched alkanes of at least 4 members (excludes halogenated alkanes) is 15. The molecule has 0 aromatic carbocycles. The zero-order chi connectivity index (χ0) is 54.1. The first-order valence-electron chi connectivity index (χ1n) is 28.4. The van der Waals surface area contributed by atoms with Crippen LogP contribution in [0.3, 0.4) is 0 Å². The number of phosphoric ester groups is 1. The number of hydrogen-bond acceptors (Lipinski definition) is 10. The van der Waals surface area contributed by atoms with Crippen molar-refractivity contribution in [1.29, 1.82) is 0 Å². The molecule has 420 valence electrons. The minimum Gasteiger partial charge on any atom is -0.462 e. The van der Waals surface area contributed by atoms with Crippen molar-refractivity contribution >= 4 is 25.7 Å². The van der Waals surface area contributed by atoms with Crippen molar-refractivity contribution in [3.05, 3.63) is 122 Å². The van der Waals surface area contributed by atoms with Crippen LogP contribution in [-0.4, -0.2) is 66.5 Å². The number of rotatable bonds is 51. The van der Waals surface area contributed by atoms with E-state index in [2.05, 4.69) is 106 Å². The van der Waals surface area contributed by atoms with Crippen molar-refractivity contribution in [1.82, 2.24) is 0 Å². The molecule has 0 amide bonds. The van der Waals surface area contributed by atoms with Crippen molar-refractivity contribution < 1.29 is 52.2 Å². The number of phosphoric acid groups is 1. The molecular weight excluding hydrogens is 952 g/mol. The van der Waals surface area contributed by atoms with Crippen LogP contribution in [0.2, 0.25) is 0 Å². The monoisotopic (exact) mass is 1050 g/mol. The Bertz CT molecular complexity index is 1700. The van der Waals surface area contributed by atoms with Crippen LogP contribution < -0.4 is 0 Å². The van der Waals surface area contributed by atoms with Crippen molar-refractivity contribution in [2.24, 2.45) is 0 Å². The quantitative estimate of drug-likeness (QED) is 0.0197. The van der Waals surface area contributed by atoms with E-state index in [0.717, 1.165) is 77.0 Å². The summed E-state index contributed by atoms with van der Waals surface area (Å²) in [5, 5.41) is 9.81. The molecular formula is C62H101O11P. The third-order valence-corrected chi connectivity index (χ3v) is 12.4. The number of carbonyl (C=O) groups excluding carboxylic acids is 3. The Balaban J connectivity index is 4.90. The van der Waals surface area contributed by atoms with Crippen molar-refractivity contribution in [2.45, 2.75) is 226 Å². The average Bonchev–Trinajstić information content (AvgIpc) is 3.39. The van der Waals surface area contributed by atoms with Gasteiger partial charge in [0.05, 0.1) is 26.2 Å². The van der Waals surface area contributed by atoms with E-state index >= 15 is 0 Å². The molecule has 3 unspecified atom stereocenters. The van der Waals surface area contributed by atoms with E-state index < -0.39 is 64.4 Å². The summed E-state index contributed by atoms with van der Waals surface area (Å²) in [6.07, 6.45) is 67.7. The number of hydrogen-bond donors (Lipinski definition) is 2. The number of carbonyl (C=O) groups is 3. The summed E-state index contributed by atoms with van der Waals surface area (Å²) in [5.74, 6) is -1.70. The van der Waals surface area contributed by atoms with Gasteiger partial charge in [0.25, 0.3) is 0 Å². The lowest BCUT2D eigenvalue weighted by Crippen LogP contribution is -2.30. The molecule has 0 radical (unpaired) electrons. The zero-order valence-electron chi connectivity index (χ0n) is 46.3. The van der Waals surface area contributed by atoms with E-state index in [9.17, 15) is 28.9 Å². The first-order valence-corrected chi connectivity index (χ1v) is 29.9. The van der Waals surface area contributed by atoms with Crippen LogP contribution in [0.5, 0.6) is 0 Å². The van der Waals surface area contributed by atoms with Crippen LogP contribution >= 0.6 is 7.82 Å². The molecule has 0 bridgehead atoms. The Labute approximate surface area is 449 Å². The first-order chi connectivity index (χ1) is 36.2. The van der Waals surface area contributed by atoms with Crippen molar-refractivity contribution in [3.63, 3.8) is 0 Å². The van der Waals surface area contributed by atoms with E-state index in [4.69, 9.17) is 23.3 Å². The molecule has 0 aromatic heterocycles. The molecule has 0 saturated heterocycles. The topological polar surface area (TPSA) is 155 Å². The van der Waals surface area contributed by atoms with Gasteiger partial charge in [-0.05, 0) is 83.5 Å². The van der Waals surface area contributed by atoms with Crippen LogP contribution in [0.15, 0.2) is 122 Å².